The predicted molar refractivity (Wildman–Crippen MR) is 131 cm³/mol. The number of epoxide rings is 1. The van der Waals surface area contributed by atoms with Gasteiger partial charge in [-0.3, -0.25) is 4.90 Å². The fourth-order valence-corrected chi connectivity index (χ4v) is 4.23. The number of nitrogens with zero attached hydrogens (tertiary/aromatic N) is 1. The van der Waals surface area contributed by atoms with Crippen LogP contribution in [0, 0.1) is 3.57 Å². The Hall–Kier alpha value is -2.32. The van der Waals surface area contributed by atoms with Crippen molar-refractivity contribution in [3.05, 3.63) is 69.8 Å². The lowest BCUT2D eigenvalue weighted by atomic mass is 10.1. The molecule has 0 aromatic heterocycles. The van der Waals surface area contributed by atoms with E-state index < -0.39 is 5.60 Å². The monoisotopic (exact) mass is 531 g/mol. The lowest BCUT2D eigenvalue weighted by molar-refractivity contribution is 0.0577. The molecule has 1 aliphatic heterocycles. The van der Waals surface area contributed by atoms with E-state index in [9.17, 15) is 4.79 Å². The summed E-state index contributed by atoms with van der Waals surface area (Å²) in [5, 5.41) is 2.05. The van der Waals surface area contributed by atoms with Gasteiger partial charge in [-0.1, -0.05) is 54.6 Å². The van der Waals surface area contributed by atoms with Crippen molar-refractivity contribution < 1.29 is 19.0 Å². The van der Waals surface area contributed by atoms with Gasteiger partial charge in [0.2, 0.25) is 0 Å². The van der Waals surface area contributed by atoms with Crippen molar-refractivity contribution in [3.63, 3.8) is 0 Å². The average Bonchev–Trinajstić information content (AvgIpc) is 3.56. The lowest BCUT2D eigenvalue weighted by Gasteiger charge is -2.28. The first-order valence-corrected chi connectivity index (χ1v) is 11.4. The highest BCUT2D eigenvalue weighted by atomic mass is 127. The van der Waals surface area contributed by atoms with Gasteiger partial charge in [0.1, 0.15) is 18.0 Å². The minimum absolute atomic E-state index is 0.0310. The molecule has 1 atom stereocenters. The molecule has 0 aliphatic carbocycles. The molecule has 162 valence electrons. The standard InChI is InChI=1S/C25H26INO4/c1-25(2,3)31-24(28)27(14-18-16-29-18)21-13-22(30-15-17-9-5-4-6-10-17)19-11-7-8-12-20(19)23(21)26/h4-13,18H,14-16H2,1-3H3/t18-/m0/s1. The van der Waals surface area contributed by atoms with Crippen molar-refractivity contribution in [2.45, 2.75) is 39.1 Å². The van der Waals surface area contributed by atoms with Crippen LogP contribution in [0.1, 0.15) is 26.3 Å². The Labute approximate surface area is 196 Å². The van der Waals surface area contributed by atoms with E-state index >= 15 is 0 Å². The number of benzene rings is 3. The van der Waals surface area contributed by atoms with Crippen LogP contribution in [-0.2, 0) is 16.1 Å². The van der Waals surface area contributed by atoms with Crippen molar-refractivity contribution in [2.75, 3.05) is 18.1 Å². The zero-order valence-electron chi connectivity index (χ0n) is 17.9. The molecule has 0 saturated carbocycles. The summed E-state index contributed by atoms with van der Waals surface area (Å²) in [7, 11) is 0. The summed E-state index contributed by atoms with van der Waals surface area (Å²) in [6.07, 6.45) is -0.353. The molecule has 3 aromatic rings. The summed E-state index contributed by atoms with van der Waals surface area (Å²) >= 11 is 2.30. The highest BCUT2D eigenvalue weighted by Crippen LogP contribution is 2.38. The number of hydrogen-bond donors (Lipinski definition) is 0. The van der Waals surface area contributed by atoms with Gasteiger partial charge in [0.25, 0.3) is 0 Å². The Morgan fingerprint density at radius 2 is 1.74 bits per heavy atom. The first kappa shape index (κ1) is 21.9. The van der Waals surface area contributed by atoms with Crippen molar-refractivity contribution in [1.82, 2.24) is 0 Å². The van der Waals surface area contributed by atoms with Gasteiger partial charge in [-0.15, -0.1) is 0 Å². The first-order valence-electron chi connectivity index (χ1n) is 10.3. The quantitative estimate of drug-likeness (QED) is 0.282. The Kier molecular flexibility index (Phi) is 6.39. The van der Waals surface area contributed by atoms with Crippen molar-refractivity contribution in [2.24, 2.45) is 0 Å². The second kappa shape index (κ2) is 9.04. The number of anilines is 1. The minimum Gasteiger partial charge on any atom is -0.488 e. The highest BCUT2D eigenvalue weighted by Gasteiger charge is 2.33. The zero-order valence-corrected chi connectivity index (χ0v) is 20.1. The number of carbonyl (C=O) groups is 1. The Morgan fingerprint density at radius 3 is 2.39 bits per heavy atom. The molecule has 3 aromatic carbocycles. The second-order valence-electron chi connectivity index (χ2n) is 8.57. The van der Waals surface area contributed by atoms with Crippen LogP contribution >= 0.6 is 22.6 Å². The smallest absolute Gasteiger partial charge is 0.414 e. The van der Waals surface area contributed by atoms with Crippen LogP contribution in [0.3, 0.4) is 0 Å². The predicted octanol–water partition coefficient (Wildman–Crippen LogP) is 6.16. The van der Waals surface area contributed by atoms with E-state index in [1.807, 2.05) is 75.4 Å². The number of rotatable bonds is 6. The number of halogens is 1. The normalized spacial score (nSPS) is 15.5. The molecule has 1 fully saturated rings. The number of carbonyl (C=O) groups excluding carboxylic acids is 1. The van der Waals surface area contributed by atoms with Gasteiger partial charge in [0.05, 0.1) is 24.9 Å². The molecule has 0 radical (unpaired) electrons. The number of ether oxygens (including phenoxy) is 3. The largest absolute Gasteiger partial charge is 0.488 e. The SMILES string of the molecule is CC(C)(C)OC(=O)N(C[C@H]1CO1)c1cc(OCc2ccccc2)c2ccccc2c1I. The van der Waals surface area contributed by atoms with E-state index in [4.69, 9.17) is 14.2 Å². The molecule has 6 heteroatoms. The summed E-state index contributed by atoms with van der Waals surface area (Å²) in [6.45, 7) is 7.16. The number of fused-ring (bicyclic) bond motifs is 1. The fraction of sp³-hybridized carbons (Fsp3) is 0.320. The Morgan fingerprint density at radius 1 is 1.10 bits per heavy atom. The van der Waals surface area contributed by atoms with Crippen molar-refractivity contribution >= 4 is 45.1 Å². The molecule has 4 rings (SSSR count). The maximum absolute atomic E-state index is 13.1. The molecule has 0 spiro atoms. The van der Waals surface area contributed by atoms with Gasteiger partial charge in [0.15, 0.2) is 0 Å². The summed E-state index contributed by atoms with van der Waals surface area (Å²) in [4.78, 5) is 14.8. The van der Waals surface area contributed by atoms with Crippen LogP contribution in [0.5, 0.6) is 5.75 Å². The Bertz CT molecular complexity index is 1070. The van der Waals surface area contributed by atoms with Gasteiger partial charge < -0.3 is 14.2 Å². The highest BCUT2D eigenvalue weighted by molar-refractivity contribution is 14.1. The van der Waals surface area contributed by atoms with Crippen molar-refractivity contribution in [3.8, 4) is 5.75 Å². The number of amides is 1. The van der Waals surface area contributed by atoms with E-state index in [0.717, 1.165) is 31.3 Å². The molecule has 0 unspecified atom stereocenters. The third-order valence-corrected chi connectivity index (χ3v) is 5.99. The van der Waals surface area contributed by atoms with E-state index in [1.165, 1.54) is 0 Å². The van der Waals surface area contributed by atoms with E-state index in [2.05, 4.69) is 28.7 Å². The molecule has 0 N–H and O–H groups in total. The topological polar surface area (TPSA) is 51.3 Å². The van der Waals surface area contributed by atoms with Crippen LogP contribution in [-0.4, -0.2) is 30.9 Å². The lowest BCUT2D eigenvalue weighted by Crippen LogP contribution is -2.39. The van der Waals surface area contributed by atoms with Gasteiger partial charge in [-0.2, -0.15) is 0 Å². The molecule has 31 heavy (non-hydrogen) atoms. The summed E-state index contributed by atoms with van der Waals surface area (Å²) in [5.41, 5.74) is 1.27. The number of hydrogen-bond acceptors (Lipinski definition) is 4. The first-order chi connectivity index (χ1) is 14.8. The van der Waals surface area contributed by atoms with Gasteiger partial charge >= 0.3 is 6.09 Å². The molecule has 5 nitrogen and oxygen atoms in total. The van der Waals surface area contributed by atoms with Crippen LogP contribution in [0.4, 0.5) is 10.5 Å². The van der Waals surface area contributed by atoms with Gasteiger partial charge in [-0.05, 0) is 48.9 Å². The summed E-state index contributed by atoms with van der Waals surface area (Å²) < 4.78 is 18.3. The average molecular weight is 531 g/mol. The molecular weight excluding hydrogens is 505 g/mol. The van der Waals surface area contributed by atoms with Crippen LogP contribution in [0.15, 0.2) is 60.7 Å². The second-order valence-corrected chi connectivity index (χ2v) is 9.65. The maximum Gasteiger partial charge on any atom is 0.414 e. The third kappa shape index (κ3) is 5.49. The van der Waals surface area contributed by atoms with Crippen LogP contribution in [0.25, 0.3) is 10.8 Å². The van der Waals surface area contributed by atoms with Crippen LogP contribution < -0.4 is 9.64 Å². The van der Waals surface area contributed by atoms with Crippen LogP contribution in [0.2, 0.25) is 0 Å². The summed E-state index contributed by atoms with van der Waals surface area (Å²) in [6, 6.07) is 20.1. The van der Waals surface area contributed by atoms with Crippen molar-refractivity contribution in [1.29, 1.82) is 0 Å². The molecule has 1 amide bonds. The van der Waals surface area contributed by atoms with E-state index in [-0.39, 0.29) is 12.2 Å². The van der Waals surface area contributed by atoms with E-state index in [1.54, 1.807) is 4.90 Å². The maximum atomic E-state index is 13.1. The molecule has 1 aliphatic rings. The minimum atomic E-state index is -0.589. The van der Waals surface area contributed by atoms with E-state index in [0.29, 0.717) is 19.8 Å². The molecule has 1 saturated heterocycles. The molecule has 0 bridgehead atoms. The summed E-state index contributed by atoms with van der Waals surface area (Å²) in [5.74, 6) is 0.736. The third-order valence-electron chi connectivity index (χ3n) is 4.85. The Balaban J connectivity index is 1.74. The fourth-order valence-electron chi connectivity index (χ4n) is 3.31. The molecule has 1 heterocycles. The van der Waals surface area contributed by atoms with Gasteiger partial charge in [-0.25, -0.2) is 4.79 Å². The zero-order chi connectivity index (χ0) is 22.0. The molecular formula is C25H26INO4. The van der Waals surface area contributed by atoms with Gasteiger partial charge in [0, 0.05) is 20.4 Å².